The number of anilines is 1. The number of carbonyl (C=O) groups excluding carboxylic acids is 1. The summed E-state index contributed by atoms with van der Waals surface area (Å²) in [6, 6.07) is 13.6. The number of hydrogen-bond donors (Lipinski definition) is 1. The molecule has 0 spiro atoms. The van der Waals surface area contributed by atoms with Gasteiger partial charge >= 0.3 is 0 Å². The number of likely N-dealkylation sites (tertiary alicyclic amines) is 1. The second-order valence-electron chi connectivity index (χ2n) is 8.97. The SMILES string of the molecule is COc1ccc(C(=O)N2CCC[C@H](Cc3ccc4nccn4n3)CC2)cc1NCc1ccncc1. The number of benzene rings is 1. The molecule has 0 saturated carbocycles. The lowest BCUT2D eigenvalue weighted by Crippen LogP contribution is -2.32. The Labute approximate surface area is 205 Å². The summed E-state index contributed by atoms with van der Waals surface area (Å²) in [4.78, 5) is 23.7. The molecule has 1 aliphatic rings. The summed E-state index contributed by atoms with van der Waals surface area (Å²) >= 11 is 0. The number of nitrogens with zero attached hydrogens (tertiary/aromatic N) is 5. The highest BCUT2D eigenvalue weighted by molar-refractivity contribution is 5.95. The lowest BCUT2D eigenvalue weighted by atomic mass is 9.95. The molecule has 0 bridgehead atoms. The standard InChI is InChI=1S/C27H30N6O2/c1-35-25-6-4-22(18-24(25)30-19-21-8-11-28-12-9-21)27(34)32-14-2-3-20(10-15-32)17-23-5-7-26-29-13-16-33(26)31-23/h4-9,11-13,16,18,20,30H,2-3,10,14-15,17,19H2,1H3/t20-/m0/s1. The van der Waals surface area contributed by atoms with Crippen LogP contribution in [0.5, 0.6) is 5.75 Å². The number of fused-ring (bicyclic) bond motifs is 1. The first-order valence-electron chi connectivity index (χ1n) is 12.1. The quantitative estimate of drug-likeness (QED) is 0.435. The first-order chi connectivity index (χ1) is 17.2. The van der Waals surface area contributed by atoms with Crippen LogP contribution in [0, 0.1) is 5.92 Å². The number of amides is 1. The van der Waals surface area contributed by atoms with Gasteiger partial charge in [-0.2, -0.15) is 5.10 Å². The minimum Gasteiger partial charge on any atom is -0.495 e. The zero-order valence-electron chi connectivity index (χ0n) is 19.9. The fourth-order valence-electron chi connectivity index (χ4n) is 4.69. The van der Waals surface area contributed by atoms with Crippen molar-refractivity contribution in [3.05, 3.63) is 84.1 Å². The fraction of sp³-hybridized carbons (Fsp3) is 0.333. The van der Waals surface area contributed by atoms with Gasteiger partial charge in [0.05, 0.1) is 18.5 Å². The van der Waals surface area contributed by atoms with E-state index in [0.717, 1.165) is 61.4 Å². The van der Waals surface area contributed by atoms with Gasteiger partial charge in [-0.3, -0.25) is 9.78 Å². The van der Waals surface area contributed by atoms with Crippen molar-refractivity contribution in [2.24, 2.45) is 5.92 Å². The minimum atomic E-state index is 0.0678. The van der Waals surface area contributed by atoms with Crippen molar-refractivity contribution in [1.82, 2.24) is 24.5 Å². The van der Waals surface area contributed by atoms with Crippen molar-refractivity contribution in [1.29, 1.82) is 0 Å². The Balaban J connectivity index is 1.23. The van der Waals surface area contributed by atoms with E-state index in [9.17, 15) is 4.79 Å². The van der Waals surface area contributed by atoms with Crippen LogP contribution in [0.1, 0.15) is 40.9 Å². The molecule has 8 heteroatoms. The molecule has 35 heavy (non-hydrogen) atoms. The molecule has 0 aliphatic carbocycles. The lowest BCUT2D eigenvalue weighted by Gasteiger charge is -2.22. The average Bonchev–Trinajstić information content (AvgIpc) is 3.25. The van der Waals surface area contributed by atoms with Crippen LogP contribution in [-0.2, 0) is 13.0 Å². The first-order valence-corrected chi connectivity index (χ1v) is 12.1. The minimum absolute atomic E-state index is 0.0678. The van der Waals surface area contributed by atoms with Crippen molar-refractivity contribution in [3.8, 4) is 5.75 Å². The molecular weight excluding hydrogens is 440 g/mol. The monoisotopic (exact) mass is 470 g/mol. The Morgan fingerprint density at radius 1 is 1.09 bits per heavy atom. The van der Waals surface area contributed by atoms with E-state index in [1.165, 1.54) is 0 Å². The van der Waals surface area contributed by atoms with Crippen LogP contribution < -0.4 is 10.1 Å². The summed E-state index contributed by atoms with van der Waals surface area (Å²) in [5.41, 5.74) is 4.53. The number of nitrogens with one attached hydrogen (secondary N) is 1. The molecule has 1 amide bonds. The third-order valence-corrected chi connectivity index (χ3v) is 6.62. The van der Waals surface area contributed by atoms with Gasteiger partial charge in [-0.1, -0.05) is 0 Å². The van der Waals surface area contributed by atoms with E-state index < -0.39 is 0 Å². The van der Waals surface area contributed by atoms with Crippen molar-refractivity contribution in [2.75, 3.05) is 25.5 Å². The smallest absolute Gasteiger partial charge is 0.253 e. The van der Waals surface area contributed by atoms with E-state index in [0.29, 0.717) is 23.8 Å². The zero-order chi connectivity index (χ0) is 24.0. The van der Waals surface area contributed by atoms with Gasteiger partial charge in [0, 0.05) is 50.0 Å². The van der Waals surface area contributed by atoms with Crippen LogP contribution in [-0.4, -0.2) is 50.6 Å². The molecule has 180 valence electrons. The van der Waals surface area contributed by atoms with Gasteiger partial charge in [-0.15, -0.1) is 0 Å². The predicted octanol–water partition coefficient (Wildman–Crippen LogP) is 4.23. The highest BCUT2D eigenvalue weighted by Gasteiger charge is 2.23. The third kappa shape index (κ3) is 5.42. The summed E-state index contributed by atoms with van der Waals surface area (Å²) in [6.45, 7) is 2.15. The first kappa shape index (κ1) is 22.8. The number of aromatic nitrogens is 4. The molecule has 1 atom stereocenters. The topological polar surface area (TPSA) is 84.7 Å². The second kappa shape index (κ2) is 10.5. The molecular formula is C27H30N6O2. The number of ether oxygens (including phenoxy) is 1. The molecule has 1 saturated heterocycles. The van der Waals surface area contributed by atoms with Gasteiger partial charge < -0.3 is 15.0 Å². The Hall–Kier alpha value is -3.94. The number of carbonyl (C=O) groups is 1. The van der Waals surface area contributed by atoms with E-state index in [-0.39, 0.29) is 5.91 Å². The Morgan fingerprint density at radius 3 is 2.83 bits per heavy atom. The van der Waals surface area contributed by atoms with E-state index in [1.54, 1.807) is 25.7 Å². The zero-order valence-corrected chi connectivity index (χ0v) is 19.9. The van der Waals surface area contributed by atoms with Gasteiger partial charge in [0.1, 0.15) is 5.75 Å². The molecule has 8 nitrogen and oxygen atoms in total. The predicted molar refractivity (Wildman–Crippen MR) is 134 cm³/mol. The third-order valence-electron chi connectivity index (χ3n) is 6.62. The molecule has 1 N–H and O–H groups in total. The van der Waals surface area contributed by atoms with Crippen LogP contribution in [0.15, 0.2) is 67.3 Å². The van der Waals surface area contributed by atoms with Crippen LogP contribution in [0.4, 0.5) is 5.69 Å². The number of pyridine rings is 1. The summed E-state index contributed by atoms with van der Waals surface area (Å²) in [5.74, 6) is 1.29. The van der Waals surface area contributed by atoms with Crippen LogP contribution in [0.25, 0.3) is 5.65 Å². The number of rotatable bonds is 7. The van der Waals surface area contributed by atoms with Crippen LogP contribution in [0.3, 0.4) is 0 Å². The van der Waals surface area contributed by atoms with Crippen molar-refractivity contribution >= 4 is 17.2 Å². The molecule has 1 fully saturated rings. The molecule has 3 aromatic heterocycles. The largest absolute Gasteiger partial charge is 0.495 e. The normalized spacial score (nSPS) is 16.1. The van der Waals surface area contributed by atoms with Crippen molar-refractivity contribution in [2.45, 2.75) is 32.2 Å². The molecule has 0 radical (unpaired) electrons. The fourth-order valence-corrected chi connectivity index (χ4v) is 4.69. The second-order valence-corrected chi connectivity index (χ2v) is 8.97. The highest BCUT2D eigenvalue weighted by atomic mass is 16.5. The van der Waals surface area contributed by atoms with Gasteiger partial charge in [0.25, 0.3) is 5.91 Å². The maximum absolute atomic E-state index is 13.4. The molecule has 4 aromatic rings. The molecule has 1 aromatic carbocycles. The lowest BCUT2D eigenvalue weighted by molar-refractivity contribution is 0.0760. The number of imidazole rings is 1. The van der Waals surface area contributed by atoms with Crippen molar-refractivity contribution in [3.63, 3.8) is 0 Å². The van der Waals surface area contributed by atoms with E-state index in [1.807, 2.05) is 52.0 Å². The maximum Gasteiger partial charge on any atom is 0.253 e. The Kier molecular flexibility index (Phi) is 6.88. The van der Waals surface area contributed by atoms with Gasteiger partial charge in [0.2, 0.25) is 0 Å². The van der Waals surface area contributed by atoms with Gasteiger partial charge in [-0.05, 0) is 79.6 Å². The Bertz CT molecular complexity index is 1290. The molecule has 1 aliphatic heterocycles. The van der Waals surface area contributed by atoms with E-state index in [4.69, 9.17) is 4.74 Å². The number of methoxy groups -OCH3 is 1. The summed E-state index contributed by atoms with van der Waals surface area (Å²) in [7, 11) is 1.64. The molecule has 4 heterocycles. The summed E-state index contributed by atoms with van der Waals surface area (Å²) in [6.07, 6.45) is 11.2. The van der Waals surface area contributed by atoms with Crippen LogP contribution in [0.2, 0.25) is 0 Å². The van der Waals surface area contributed by atoms with Gasteiger partial charge in [0.15, 0.2) is 5.65 Å². The average molecular weight is 471 g/mol. The molecule has 5 rings (SSSR count). The van der Waals surface area contributed by atoms with Crippen molar-refractivity contribution < 1.29 is 9.53 Å². The van der Waals surface area contributed by atoms with Gasteiger partial charge in [-0.25, -0.2) is 9.50 Å². The summed E-state index contributed by atoms with van der Waals surface area (Å²) < 4.78 is 7.34. The van der Waals surface area contributed by atoms with E-state index in [2.05, 4.69) is 26.4 Å². The Morgan fingerprint density at radius 2 is 1.97 bits per heavy atom. The maximum atomic E-state index is 13.4. The highest BCUT2D eigenvalue weighted by Crippen LogP contribution is 2.28. The van der Waals surface area contributed by atoms with Crippen LogP contribution >= 0.6 is 0 Å². The molecule has 0 unspecified atom stereocenters. The van der Waals surface area contributed by atoms with E-state index >= 15 is 0 Å². The number of hydrogen-bond acceptors (Lipinski definition) is 6. The summed E-state index contributed by atoms with van der Waals surface area (Å²) in [5, 5.41) is 8.08.